The second kappa shape index (κ2) is 6.86. The average molecular weight is 327 g/mol. The Balaban J connectivity index is 1.96. The van der Waals surface area contributed by atoms with Gasteiger partial charge in [-0.25, -0.2) is 9.78 Å². The van der Waals surface area contributed by atoms with Crippen LogP contribution in [0.4, 0.5) is 0 Å². The molecule has 1 aliphatic rings. The SMILES string of the molecule is CCCn1cnc2c1CN(C(=O)c1ccccc1)C(C(=O)OC)C2. The first kappa shape index (κ1) is 16.2. The molecule has 2 heterocycles. The van der Waals surface area contributed by atoms with Crippen molar-refractivity contribution in [1.82, 2.24) is 14.5 Å². The minimum Gasteiger partial charge on any atom is -0.467 e. The van der Waals surface area contributed by atoms with Crippen LogP contribution in [0.5, 0.6) is 0 Å². The molecule has 0 N–H and O–H groups in total. The number of esters is 1. The molecule has 6 nitrogen and oxygen atoms in total. The van der Waals surface area contributed by atoms with Crippen LogP contribution < -0.4 is 0 Å². The number of aryl methyl sites for hydroxylation is 1. The first-order valence-electron chi connectivity index (χ1n) is 8.12. The third-order valence-electron chi connectivity index (χ3n) is 4.34. The van der Waals surface area contributed by atoms with Gasteiger partial charge in [0.2, 0.25) is 0 Å². The lowest BCUT2D eigenvalue weighted by molar-refractivity contribution is -0.146. The van der Waals surface area contributed by atoms with Crippen LogP contribution in [0.15, 0.2) is 36.7 Å². The lowest BCUT2D eigenvalue weighted by atomic mass is 10.0. The first-order chi connectivity index (χ1) is 11.7. The van der Waals surface area contributed by atoms with E-state index in [1.807, 2.05) is 18.2 Å². The van der Waals surface area contributed by atoms with Gasteiger partial charge in [-0.1, -0.05) is 25.1 Å². The highest BCUT2D eigenvalue weighted by Gasteiger charge is 2.37. The Hall–Kier alpha value is -2.63. The fourth-order valence-electron chi connectivity index (χ4n) is 3.11. The second-order valence-electron chi connectivity index (χ2n) is 5.87. The molecule has 1 aromatic carbocycles. The Morgan fingerprint density at radius 1 is 1.29 bits per heavy atom. The van der Waals surface area contributed by atoms with Crippen molar-refractivity contribution in [2.75, 3.05) is 7.11 Å². The van der Waals surface area contributed by atoms with Crippen LogP contribution in [0.25, 0.3) is 0 Å². The summed E-state index contributed by atoms with van der Waals surface area (Å²) >= 11 is 0. The Labute approximate surface area is 141 Å². The highest BCUT2D eigenvalue weighted by atomic mass is 16.5. The Kier molecular flexibility index (Phi) is 4.64. The molecule has 0 spiro atoms. The van der Waals surface area contributed by atoms with E-state index in [0.717, 1.165) is 24.4 Å². The van der Waals surface area contributed by atoms with E-state index in [-0.39, 0.29) is 5.91 Å². The number of methoxy groups -OCH3 is 1. The quantitative estimate of drug-likeness (QED) is 0.806. The van der Waals surface area contributed by atoms with E-state index in [4.69, 9.17) is 4.74 Å². The summed E-state index contributed by atoms with van der Waals surface area (Å²) in [7, 11) is 1.35. The van der Waals surface area contributed by atoms with Crippen LogP contribution in [0.1, 0.15) is 35.1 Å². The summed E-state index contributed by atoms with van der Waals surface area (Å²) in [5.41, 5.74) is 2.44. The summed E-state index contributed by atoms with van der Waals surface area (Å²) < 4.78 is 6.97. The average Bonchev–Trinajstić information content (AvgIpc) is 3.02. The smallest absolute Gasteiger partial charge is 0.329 e. The van der Waals surface area contributed by atoms with Gasteiger partial charge in [0.15, 0.2) is 0 Å². The third-order valence-corrected chi connectivity index (χ3v) is 4.34. The summed E-state index contributed by atoms with van der Waals surface area (Å²) in [5.74, 6) is -0.573. The van der Waals surface area contributed by atoms with Crippen LogP contribution >= 0.6 is 0 Å². The maximum absolute atomic E-state index is 12.9. The van der Waals surface area contributed by atoms with E-state index in [1.54, 1.807) is 23.4 Å². The molecule has 0 saturated heterocycles. The number of fused-ring (bicyclic) bond motifs is 1. The fraction of sp³-hybridized carbons (Fsp3) is 0.389. The molecule has 3 rings (SSSR count). The highest BCUT2D eigenvalue weighted by Crippen LogP contribution is 2.25. The molecule has 0 saturated carbocycles. The van der Waals surface area contributed by atoms with Crippen LogP contribution in [0.3, 0.4) is 0 Å². The fourth-order valence-corrected chi connectivity index (χ4v) is 3.11. The predicted octanol–water partition coefficient (Wildman–Crippen LogP) is 2.03. The number of ether oxygens (including phenoxy) is 1. The summed E-state index contributed by atoms with van der Waals surface area (Å²) in [4.78, 5) is 31.1. The number of carbonyl (C=O) groups is 2. The predicted molar refractivity (Wildman–Crippen MR) is 88.3 cm³/mol. The van der Waals surface area contributed by atoms with Crippen LogP contribution in [0, 0.1) is 0 Å². The summed E-state index contributed by atoms with van der Waals surface area (Å²) in [6.07, 6.45) is 3.16. The van der Waals surface area contributed by atoms with E-state index < -0.39 is 12.0 Å². The number of carbonyl (C=O) groups excluding carboxylic acids is 2. The molecule has 1 amide bonds. The number of hydrogen-bond donors (Lipinski definition) is 0. The number of hydrogen-bond acceptors (Lipinski definition) is 4. The van der Waals surface area contributed by atoms with Crippen molar-refractivity contribution >= 4 is 11.9 Å². The lowest BCUT2D eigenvalue weighted by Gasteiger charge is -2.34. The van der Waals surface area contributed by atoms with Gasteiger partial charge in [0.05, 0.1) is 31.4 Å². The maximum Gasteiger partial charge on any atom is 0.329 e. The number of aromatic nitrogens is 2. The maximum atomic E-state index is 12.9. The zero-order chi connectivity index (χ0) is 17.1. The largest absolute Gasteiger partial charge is 0.467 e. The molecular formula is C18H21N3O3. The minimum absolute atomic E-state index is 0.166. The van der Waals surface area contributed by atoms with Gasteiger partial charge in [0, 0.05) is 18.5 Å². The van der Waals surface area contributed by atoms with E-state index >= 15 is 0 Å². The molecule has 24 heavy (non-hydrogen) atoms. The summed E-state index contributed by atoms with van der Waals surface area (Å²) in [5, 5.41) is 0. The van der Waals surface area contributed by atoms with Gasteiger partial charge in [-0.05, 0) is 18.6 Å². The standard InChI is InChI=1S/C18H21N3O3/c1-3-9-20-12-19-14-10-15(18(23)24-2)21(11-16(14)20)17(22)13-7-5-4-6-8-13/h4-8,12,15H,3,9-11H2,1-2H3. The molecule has 2 aromatic rings. The molecule has 0 radical (unpaired) electrons. The second-order valence-corrected chi connectivity index (χ2v) is 5.87. The molecule has 1 aromatic heterocycles. The number of imidazole rings is 1. The van der Waals surface area contributed by atoms with Crippen LogP contribution in [0.2, 0.25) is 0 Å². The van der Waals surface area contributed by atoms with Gasteiger partial charge < -0.3 is 14.2 Å². The van der Waals surface area contributed by atoms with E-state index in [9.17, 15) is 9.59 Å². The summed E-state index contributed by atoms with van der Waals surface area (Å²) in [6.45, 7) is 3.31. The molecule has 0 fully saturated rings. The van der Waals surface area contributed by atoms with Crippen molar-refractivity contribution in [3.05, 3.63) is 53.6 Å². The molecule has 0 aliphatic carbocycles. The van der Waals surface area contributed by atoms with Gasteiger partial charge in [-0.2, -0.15) is 0 Å². The van der Waals surface area contributed by atoms with Crippen molar-refractivity contribution in [2.45, 2.75) is 38.9 Å². The van der Waals surface area contributed by atoms with Gasteiger partial charge >= 0.3 is 5.97 Å². The molecule has 0 bridgehead atoms. The number of benzene rings is 1. The van der Waals surface area contributed by atoms with Gasteiger partial charge in [-0.3, -0.25) is 4.79 Å². The number of amides is 1. The van der Waals surface area contributed by atoms with E-state index in [1.165, 1.54) is 7.11 Å². The third kappa shape index (κ3) is 2.91. The van der Waals surface area contributed by atoms with Gasteiger partial charge in [-0.15, -0.1) is 0 Å². The van der Waals surface area contributed by atoms with Crippen molar-refractivity contribution in [3.63, 3.8) is 0 Å². The zero-order valence-electron chi connectivity index (χ0n) is 13.9. The van der Waals surface area contributed by atoms with Gasteiger partial charge in [0.25, 0.3) is 5.91 Å². The molecule has 1 aliphatic heterocycles. The van der Waals surface area contributed by atoms with Crippen LogP contribution in [-0.2, 0) is 29.0 Å². The van der Waals surface area contributed by atoms with Crippen molar-refractivity contribution in [1.29, 1.82) is 0 Å². The number of nitrogens with zero attached hydrogens (tertiary/aromatic N) is 3. The van der Waals surface area contributed by atoms with Crippen LogP contribution in [-0.4, -0.2) is 39.5 Å². The van der Waals surface area contributed by atoms with Crippen molar-refractivity contribution in [3.8, 4) is 0 Å². The molecular weight excluding hydrogens is 306 g/mol. The normalized spacial score (nSPS) is 16.6. The first-order valence-corrected chi connectivity index (χ1v) is 8.12. The van der Waals surface area contributed by atoms with E-state index in [0.29, 0.717) is 18.5 Å². The molecule has 6 heteroatoms. The topological polar surface area (TPSA) is 64.4 Å². The monoisotopic (exact) mass is 327 g/mol. The Morgan fingerprint density at radius 2 is 2.04 bits per heavy atom. The zero-order valence-corrected chi connectivity index (χ0v) is 13.9. The molecule has 126 valence electrons. The highest BCUT2D eigenvalue weighted by molar-refractivity contribution is 5.97. The summed E-state index contributed by atoms with van der Waals surface area (Å²) in [6, 6.07) is 8.37. The Morgan fingerprint density at radius 3 is 2.71 bits per heavy atom. The molecule has 1 unspecified atom stereocenters. The van der Waals surface area contributed by atoms with Crippen molar-refractivity contribution in [2.24, 2.45) is 0 Å². The van der Waals surface area contributed by atoms with E-state index in [2.05, 4.69) is 16.5 Å². The Bertz CT molecular complexity index is 739. The molecule has 1 atom stereocenters. The number of rotatable bonds is 4. The van der Waals surface area contributed by atoms with Crippen molar-refractivity contribution < 1.29 is 14.3 Å². The van der Waals surface area contributed by atoms with Gasteiger partial charge in [0.1, 0.15) is 6.04 Å². The lowest BCUT2D eigenvalue weighted by Crippen LogP contribution is -2.49. The minimum atomic E-state index is -0.639.